The molecule has 4 rings (SSSR count). The maximum Gasteiger partial charge on any atom is 0.133 e. The van der Waals surface area contributed by atoms with Gasteiger partial charge in [-0.05, 0) is 97.7 Å². The van der Waals surface area contributed by atoms with Crippen molar-refractivity contribution in [2.45, 2.75) is 111 Å². The van der Waals surface area contributed by atoms with Gasteiger partial charge in [0, 0.05) is 12.8 Å². The van der Waals surface area contributed by atoms with Crippen molar-refractivity contribution in [2.24, 2.45) is 46.3 Å². The van der Waals surface area contributed by atoms with Crippen LogP contribution in [-0.2, 0) is 4.79 Å². The number of rotatable bonds is 6. The van der Waals surface area contributed by atoms with Gasteiger partial charge >= 0.3 is 0 Å². The molecular formula is C28H46O2. The molecule has 4 aliphatic rings. The van der Waals surface area contributed by atoms with Crippen LogP contribution in [0.2, 0.25) is 0 Å². The minimum absolute atomic E-state index is 0.116. The summed E-state index contributed by atoms with van der Waals surface area (Å²) in [6.45, 7) is 11.8. The van der Waals surface area contributed by atoms with Crippen molar-refractivity contribution in [3.8, 4) is 0 Å². The Kier molecular flexibility index (Phi) is 6.30. The van der Waals surface area contributed by atoms with E-state index in [-0.39, 0.29) is 6.10 Å². The maximum atomic E-state index is 13.0. The summed E-state index contributed by atoms with van der Waals surface area (Å²) in [5, 5.41) is 10.2. The van der Waals surface area contributed by atoms with Gasteiger partial charge in [-0.2, -0.15) is 0 Å². The Morgan fingerprint density at radius 2 is 1.90 bits per heavy atom. The number of ketones is 1. The first-order valence-electron chi connectivity index (χ1n) is 13.1. The molecule has 170 valence electrons. The zero-order valence-corrected chi connectivity index (χ0v) is 20.3. The van der Waals surface area contributed by atoms with Crippen LogP contribution in [0, 0.1) is 46.3 Å². The predicted molar refractivity (Wildman–Crippen MR) is 124 cm³/mol. The molecule has 0 radical (unpaired) electrons. The topological polar surface area (TPSA) is 37.3 Å². The van der Waals surface area contributed by atoms with Crippen molar-refractivity contribution in [3.63, 3.8) is 0 Å². The van der Waals surface area contributed by atoms with Gasteiger partial charge in [-0.25, -0.2) is 0 Å². The second-order valence-electron chi connectivity index (χ2n) is 12.3. The third-order valence-corrected chi connectivity index (χ3v) is 10.7. The number of hydrogen-bond acceptors (Lipinski definition) is 2. The molecule has 4 aliphatic carbocycles. The van der Waals surface area contributed by atoms with Crippen molar-refractivity contribution < 1.29 is 9.90 Å². The standard InChI is InChI=1S/C28H46O2/c1-6-19(18(2)3)15-23(30)17-21-8-10-25-24-9-7-20-16-22(29)11-13-27(20,4)26(24)12-14-28(21,25)5/h7,18-19,21-22,24-26,29H,6,8-17H2,1-5H3/t19-,21?,22+,24?,25?,26?,27+,28-/m1/s1. The second-order valence-corrected chi connectivity index (χ2v) is 12.3. The van der Waals surface area contributed by atoms with Crippen LogP contribution in [0.3, 0.4) is 0 Å². The van der Waals surface area contributed by atoms with Crippen molar-refractivity contribution in [3.05, 3.63) is 11.6 Å². The fourth-order valence-electron chi connectivity index (χ4n) is 8.59. The highest BCUT2D eigenvalue weighted by Gasteiger charge is 2.58. The minimum Gasteiger partial charge on any atom is -0.393 e. The number of fused-ring (bicyclic) bond motifs is 5. The summed E-state index contributed by atoms with van der Waals surface area (Å²) in [5.74, 6) is 4.69. The van der Waals surface area contributed by atoms with Crippen LogP contribution in [0.25, 0.3) is 0 Å². The summed E-state index contributed by atoms with van der Waals surface area (Å²) in [5.41, 5.74) is 2.25. The van der Waals surface area contributed by atoms with E-state index in [4.69, 9.17) is 0 Å². The van der Waals surface area contributed by atoms with Gasteiger partial charge in [0.1, 0.15) is 5.78 Å². The highest BCUT2D eigenvalue weighted by molar-refractivity contribution is 5.79. The van der Waals surface area contributed by atoms with Gasteiger partial charge in [0.05, 0.1) is 6.10 Å². The van der Waals surface area contributed by atoms with Gasteiger partial charge in [-0.1, -0.05) is 52.7 Å². The van der Waals surface area contributed by atoms with Gasteiger partial charge in [0.2, 0.25) is 0 Å². The normalized spacial score (nSPS) is 44.1. The van der Waals surface area contributed by atoms with Crippen molar-refractivity contribution in [1.29, 1.82) is 0 Å². The molecule has 2 heteroatoms. The van der Waals surface area contributed by atoms with Gasteiger partial charge in [-0.3, -0.25) is 4.79 Å². The second kappa shape index (κ2) is 8.38. The van der Waals surface area contributed by atoms with Crippen LogP contribution in [0.15, 0.2) is 11.6 Å². The largest absolute Gasteiger partial charge is 0.393 e. The quantitative estimate of drug-likeness (QED) is 0.477. The molecule has 3 saturated carbocycles. The molecule has 0 aromatic carbocycles. The number of allylic oxidation sites excluding steroid dienone is 1. The highest BCUT2D eigenvalue weighted by Crippen LogP contribution is 2.66. The number of hydrogen-bond donors (Lipinski definition) is 1. The highest BCUT2D eigenvalue weighted by atomic mass is 16.3. The summed E-state index contributed by atoms with van der Waals surface area (Å²) in [4.78, 5) is 13.0. The molecule has 2 nitrogen and oxygen atoms in total. The molecule has 4 unspecified atom stereocenters. The zero-order valence-electron chi connectivity index (χ0n) is 20.3. The van der Waals surface area contributed by atoms with Crippen LogP contribution in [0.4, 0.5) is 0 Å². The minimum atomic E-state index is -0.116. The van der Waals surface area contributed by atoms with Crippen LogP contribution >= 0.6 is 0 Å². The molecule has 30 heavy (non-hydrogen) atoms. The van der Waals surface area contributed by atoms with E-state index in [0.29, 0.717) is 34.4 Å². The maximum absolute atomic E-state index is 13.0. The molecule has 0 aromatic heterocycles. The zero-order chi connectivity index (χ0) is 21.7. The molecule has 0 heterocycles. The van der Waals surface area contributed by atoms with E-state index in [0.717, 1.165) is 49.9 Å². The first-order chi connectivity index (χ1) is 14.2. The van der Waals surface area contributed by atoms with Crippen LogP contribution in [-0.4, -0.2) is 17.0 Å². The third-order valence-electron chi connectivity index (χ3n) is 10.7. The van der Waals surface area contributed by atoms with E-state index < -0.39 is 0 Å². The Morgan fingerprint density at radius 1 is 1.13 bits per heavy atom. The lowest BCUT2D eigenvalue weighted by Crippen LogP contribution is -2.50. The van der Waals surface area contributed by atoms with E-state index in [2.05, 4.69) is 40.7 Å². The van der Waals surface area contributed by atoms with Gasteiger partial charge in [0.15, 0.2) is 0 Å². The van der Waals surface area contributed by atoms with Crippen LogP contribution in [0.1, 0.15) is 105 Å². The summed E-state index contributed by atoms with van der Waals surface area (Å²) in [6, 6.07) is 0. The van der Waals surface area contributed by atoms with Crippen LogP contribution in [0.5, 0.6) is 0 Å². The summed E-state index contributed by atoms with van der Waals surface area (Å²) in [6.07, 6.45) is 14.7. The van der Waals surface area contributed by atoms with E-state index in [9.17, 15) is 9.90 Å². The number of carbonyl (C=O) groups excluding carboxylic acids is 1. The molecule has 0 aromatic rings. The van der Waals surface area contributed by atoms with E-state index in [1.807, 2.05) is 0 Å². The SMILES string of the molecule is CC[C@H](CC(=O)CC1CCC2C3CC=C4C[C@@H](O)CC[C@]4(C)C3CC[C@]12C)C(C)C. The lowest BCUT2D eigenvalue weighted by molar-refractivity contribution is -0.123. The fourth-order valence-corrected chi connectivity index (χ4v) is 8.59. The van der Waals surface area contributed by atoms with Gasteiger partial charge in [-0.15, -0.1) is 0 Å². The third kappa shape index (κ3) is 3.74. The molecule has 0 bridgehead atoms. The Bertz CT molecular complexity index is 678. The van der Waals surface area contributed by atoms with E-state index >= 15 is 0 Å². The first kappa shape index (κ1) is 22.6. The van der Waals surface area contributed by atoms with Gasteiger partial charge in [0.25, 0.3) is 0 Å². The van der Waals surface area contributed by atoms with Crippen LogP contribution < -0.4 is 0 Å². The average molecular weight is 415 g/mol. The molecule has 0 saturated heterocycles. The molecular weight excluding hydrogens is 368 g/mol. The predicted octanol–water partition coefficient (Wildman–Crippen LogP) is 6.96. The summed E-state index contributed by atoms with van der Waals surface area (Å²) >= 11 is 0. The number of Topliss-reactive ketones (excluding diaryl/α,β-unsaturated/α-hetero) is 1. The number of carbonyl (C=O) groups is 1. The molecule has 8 atom stereocenters. The molecule has 0 amide bonds. The van der Waals surface area contributed by atoms with E-state index in [1.165, 1.54) is 38.5 Å². The molecule has 0 spiro atoms. The number of aliphatic hydroxyl groups is 1. The molecule has 1 N–H and O–H groups in total. The smallest absolute Gasteiger partial charge is 0.133 e. The Labute approximate surface area is 185 Å². The fraction of sp³-hybridized carbons (Fsp3) is 0.893. The summed E-state index contributed by atoms with van der Waals surface area (Å²) < 4.78 is 0. The Morgan fingerprint density at radius 3 is 2.60 bits per heavy atom. The monoisotopic (exact) mass is 414 g/mol. The average Bonchev–Trinajstić information content (AvgIpc) is 3.02. The number of aliphatic hydroxyl groups excluding tert-OH is 1. The molecule has 3 fully saturated rings. The Hall–Kier alpha value is -0.630. The first-order valence-corrected chi connectivity index (χ1v) is 13.1. The lowest BCUT2D eigenvalue weighted by atomic mass is 9.47. The molecule has 0 aliphatic heterocycles. The lowest BCUT2D eigenvalue weighted by Gasteiger charge is -2.58. The summed E-state index contributed by atoms with van der Waals surface area (Å²) in [7, 11) is 0. The van der Waals surface area contributed by atoms with Crippen molar-refractivity contribution in [2.75, 3.05) is 0 Å². The van der Waals surface area contributed by atoms with Crippen molar-refractivity contribution >= 4 is 5.78 Å². The van der Waals surface area contributed by atoms with E-state index in [1.54, 1.807) is 5.57 Å². The van der Waals surface area contributed by atoms with Gasteiger partial charge < -0.3 is 5.11 Å². The Balaban J connectivity index is 1.47. The van der Waals surface area contributed by atoms with Crippen molar-refractivity contribution in [1.82, 2.24) is 0 Å².